The highest BCUT2D eigenvalue weighted by molar-refractivity contribution is 14.0. The summed E-state index contributed by atoms with van der Waals surface area (Å²) < 4.78 is 5.10. The number of benzene rings is 1. The largest absolute Gasteiger partial charge is 0.495 e. The summed E-state index contributed by atoms with van der Waals surface area (Å²) in [6.07, 6.45) is 0. The van der Waals surface area contributed by atoms with Gasteiger partial charge in [0.1, 0.15) is 5.75 Å². The quantitative estimate of drug-likeness (QED) is 0.472. The fourth-order valence-corrected chi connectivity index (χ4v) is 1.91. The van der Waals surface area contributed by atoms with Gasteiger partial charge in [0.05, 0.1) is 18.7 Å². The van der Waals surface area contributed by atoms with Crippen molar-refractivity contribution >= 4 is 41.5 Å². The first kappa shape index (κ1) is 18.3. The molecule has 0 saturated carbocycles. The minimum absolute atomic E-state index is 0. The Morgan fingerprint density at radius 2 is 2.00 bits per heavy atom. The summed E-state index contributed by atoms with van der Waals surface area (Å²) in [4.78, 5) is 6.36. The van der Waals surface area contributed by atoms with E-state index in [1.54, 1.807) is 7.11 Å². The molecular weight excluding hydrogens is 377 g/mol. The lowest BCUT2D eigenvalue weighted by molar-refractivity contribution is 0.415. The fraction of sp³-hybridized carbons (Fsp3) is 0.462. The summed E-state index contributed by atoms with van der Waals surface area (Å²) in [5.74, 6) is 1.23. The Bertz CT molecular complexity index is 422. The lowest BCUT2D eigenvalue weighted by Gasteiger charge is -2.19. The predicted molar refractivity (Wildman–Crippen MR) is 91.7 cm³/mol. The summed E-state index contributed by atoms with van der Waals surface area (Å²) in [7, 11) is 1.59. The lowest BCUT2D eigenvalue weighted by atomic mass is 10.2. The SMILES string of the molecule is CCN(CC)C(N)=NCc1ccc(OC)c(Cl)c1.I. The summed E-state index contributed by atoms with van der Waals surface area (Å²) in [5, 5.41) is 0.589. The minimum atomic E-state index is 0. The van der Waals surface area contributed by atoms with Crippen molar-refractivity contribution in [3.05, 3.63) is 28.8 Å². The maximum absolute atomic E-state index is 6.05. The second kappa shape index (κ2) is 9.25. The number of nitrogens with two attached hydrogens (primary N) is 1. The second-order valence-corrected chi connectivity index (χ2v) is 4.22. The number of guanidine groups is 1. The van der Waals surface area contributed by atoms with Crippen LogP contribution in [0.5, 0.6) is 5.75 Å². The van der Waals surface area contributed by atoms with E-state index in [-0.39, 0.29) is 24.0 Å². The van der Waals surface area contributed by atoms with Gasteiger partial charge in [-0.2, -0.15) is 0 Å². The number of hydrogen-bond donors (Lipinski definition) is 1. The number of halogens is 2. The molecule has 4 nitrogen and oxygen atoms in total. The van der Waals surface area contributed by atoms with E-state index >= 15 is 0 Å². The zero-order chi connectivity index (χ0) is 13.5. The van der Waals surface area contributed by atoms with Gasteiger partial charge in [-0.15, -0.1) is 24.0 Å². The smallest absolute Gasteiger partial charge is 0.191 e. The first-order valence-corrected chi connectivity index (χ1v) is 6.37. The molecule has 2 N–H and O–H groups in total. The molecule has 1 aromatic carbocycles. The van der Waals surface area contributed by atoms with Crippen LogP contribution >= 0.6 is 35.6 Å². The van der Waals surface area contributed by atoms with Crippen LogP contribution in [0.1, 0.15) is 19.4 Å². The molecule has 0 aliphatic heterocycles. The van der Waals surface area contributed by atoms with Crippen LogP contribution in [-0.2, 0) is 6.54 Å². The molecule has 0 aromatic heterocycles. The van der Waals surface area contributed by atoms with Crippen molar-refractivity contribution in [3.8, 4) is 5.75 Å². The molecule has 1 aromatic rings. The summed E-state index contributed by atoms with van der Waals surface area (Å²) in [6, 6.07) is 5.61. The molecule has 0 amide bonds. The monoisotopic (exact) mass is 397 g/mol. The summed E-state index contributed by atoms with van der Waals surface area (Å²) in [6.45, 7) is 6.34. The first-order valence-electron chi connectivity index (χ1n) is 5.99. The van der Waals surface area contributed by atoms with Crippen molar-refractivity contribution in [2.45, 2.75) is 20.4 Å². The van der Waals surface area contributed by atoms with E-state index in [9.17, 15) is 0 Å². The molecule has 0 radical (unpaired) electrons. The van der Waals surface area contributed by atoms with Crippen molar-refractivity contribution < 1.29 is 4.74 Å². The molecule has 108 valence electrons. The maximum atomic E-state index is 6.05. The average Bonchev–Trinajstić information content (AvgIpc) is 2.38. The summed E-state index contributed by atoms with van der Waals surface area (Å²) >= 11 is 6.05. The fourth-order valence-electron chi connectivity index (χ4n) is 1.63. The van der Waals surface area contributed by atoms with Crippen LogP contribution in [0.2, 0.25) is 5.02 Å². The number of rotatable bonds is 5. The van der Waals surface area contributed by atoms with Gasteiger partial charge in [-0.25, -0.2) is 4.99 Å². The number of nitrogens with zero attached hydrogens (tertiary/aromatic N) is 2. The zero-order valence-electron chi connectivity index (χ0n) is 11.5. The highest BCUT2D eigenvalue weighted by Gasteiger charge is 2.04. The average molecular weight is 398 g/mol. The Morgan fingerprint density at radius 1 is 1.37 bits per heavy atom. The van der Waals surface area contributed by atoms with Crippen LogP contribution < -0.4 is 10.5 Å². The molecule has 0 aliphatic rings. The van der Waals surface area contributed by atoms with Crippen molar-refractivity contribution in [2.75, 3.05) is 20.2 Å². The normalized spacial score (nSPS) is 10.8. The number of methoxy groups -OCH3 is 1. The summed E-state index contributed by atoms with van der Waals surface area (Å²) in [5.41, 5.74) is 6.91. The Hall–Kier alpha value is -0.690. The van der Waals surface area contributed by atoms with E-state index < -0.39 is 0 Å². The first-order chi connectivity index (χ1) is 8.62. The van der Waals surface area contributed by atoms with Crippen LogP contribution in [0.25, 0.3) is 0 Å². The maximum Gasteiger partial charge on any atom is 0.191 e. The Kier molecular flexibility index (Phi) is 8.92. The van der Waals surface area contributed by atoms with Gasteiger partial charge < -0.3 is 15.4 Å². The Balaban J connectivity index is 0.00000324. The highest BCUT2D eigenvalue weighted by atomic mass is 127. The Morgan fingerprint density at radius 3 is 2.47 bits per heavy atom. The number of aliphatic imine (C=N–C) groups is 1. The molecule has 0 unspecified atom stereocenters. The van der Waals surface area contributed by atoms with E-state index in [1.807, 2.05) is 23.1 Å². The zero-order valence-corrected chi connectivity index (χ0v) is 14.6. The van der Waals surface area contributed by atoms with Crippen LogP contribution in [0.3, 0.4) is 0 Å². The molecule has 1 rings (SSSR count). The number of ether oxygens (including phenoxy) is 1. The molecule has 0 saturated heterocycles. The van der Waals surface area contributed by atoms with E-state index in [4.69, 9.17) is 22.1 Å². The lowest BCUT2D eigenvalue weighted by Crippen LogP contribution is -2.37. The molecule has 0 atom stereocenters. The predicted octanol–water partition coefficient (Wildman–Crippen LogP) is 3.12. The van der Waals surface area contributed by atoms with Gasteiger partial charge in [-0.1, -0.05) is 17.7 Å². The standard InChI is InChI=1S/C13H20ClN3O.HI/c1-4-17(5-2)13(15)16-9-10-6-7-12(18-3)11(14)8-10;/h6-8H,4-5,9H2,1-3H3,(H2,15,16);1H. The van der Waals surface area contributed by atoms with Crippen molar-refractivity contribution in [2.24, 2.45) is 10.7 Å². The molecule has 0 aliphatic carbocycles. The van der Waals surface area contributed by atoms with Crippen molar-refractivity contribution in [1.29, 1.82) is 0 Å². The molecular formula is C13H21ClIN3O. The topological polar surface area (TPSA) is 50.8 Å². The molecule has 19 heavy (non-hydrogen) atoms. The van der Waals surface area contributed by atoms with E-state index in [0.717, 1.165) is 18.7 Å². The van der Waals surface area contributed by atoms with Gasteiger partial charge in [0.25, 0.3) is 0 Å². The van der Waals surface area contributed by atoms with Gasteiger partial charge in [-0.3, -0.25) is 0 Å². The van der Waals surface area contributed by atoms with Gasteiger partial charge in [0.15, 0.2) is 5.96 Å². The highest BCUT2D eigenvalue weighted by Crippen LogP contribution is 2.25. The van der Waals surface area contributed by atoms with Crippen LogP contribution in [0.15, 0.2) is 23.2 Å². The second-order valence-electron chi connectivity index (χ2n) is 3.82. The third kappa shape index (κ3) is 5.44. The van der Waals surface area contributed by atoms with Crippen LogP contribution in [0, 0.1) is 0 Å². The van der Waals surface area contributed by atoms with Crippen molar-refractivity contribution in [1.82, 2.24) is 4.90 Å². The molecule has 0 heterocycles. The van der Waals surface area contributed by atoms with Crippen molar-refractivity contribution in [3.63, 3.8) is 0 Å². The van der Waals surface area contributed by atoms with E-state index in [0.29, 0.717) is 23.3 Å². The molecule has 0 bridgehead atoms. The minimum Gasteiger partial charge on any atom is -0.495 e. The van der Waals surface area contributed by atoms with E-state index in [2.05, 4.69) is 18.8 Å². The van der Waals surface area contributed by atoms with Crippen LogP contribution in [-0.4, -0.2) is 31.1 Å². The van der Waals surface area contributed by atoms with Gasteiger partial charge in [-0.05, 0) is 31.5 Å². The van der Waals surface area contributed by atoms with E-state index in [1.165, 1.54) is 0 Å². The number of hydrogen-bond acceptors (Lipinski definition) is 2. The van der Waals surface area contributed by atoms with Gasteiger partial charge in [0.2, 0.25) is 0 Å². The van der Waals surface area contributed by atoms with Crippen LogP contribution in [0.4, 0.5) is 0 Å². The molecule has 6 heteroatoms. The molecule has 0 fully saturated rings. The Labute approximate surface area is 137 Å². The van der Waals surface area contributed by atoms with Gasteiger partial charge >= 0.3 is 0 Å². The van der Waals surface area contributed by atoms with Gasteiger partial charge in [0, 0.05) is 13.1 Å². The third-order valence-corrected chi connectivity index (χ3v) is 3.02. The third-order valence-electron chi connectivity index (χ3n) is 2.73. The molecule has 0 spiro atoms.